The van der Waals surface area contributed by atoms with Crippen LogP contribution in [0.1, 0.15) is 51.0 Å². The van der Waals surface area contributed by atoms with Gasteiger partial charge in [-0.3, -0.25) is 4.79 Å². The Morgan fingerprint density at radius 2 is 1.83 bits per heavy atom. The first-order chi connectivity index (χ1) is 14.1. The Morgan fingerprint density at radius 1 is 1.07 bits per heavy atom. The molecule has 1 N–H and O–H groups in total. The van der Waals surface area contributed by atoms with Crippen molar-refractivity contribution in [1.29, 1.82) is 0 Å². The molecule has 1 saturated carbocycles. The Kier molecular flexibility index (Phi) is 8.41. The van der Waals surface area contributed by atoms with E-state index in [1.54, 1.807) is 0 Å². The fraction of sp³-hybridized carbons (Fsp3) is 0.458. The van der Waals surface area contributed by atoms with Gasteiger partial charge in [0.05, 0.1) is 11.1 Å². The lowest BCUT2D eigenvalue weighted by atomic mass is 9.87. The van der Waals surface area contributed by atoms with Crippen molar-refractivity contribution in [2.45, 2.75) is 51.9 Å². The molecule has 0 radical (unpaired) electrons. The van der Waals surface area contributed by atoms with Gasteiger partial charge in [0.1, 0.15) is 11.5 Å². The van der Waals surface area contributed by atoms with Crippen LogP contribution in [0.3, 0.4) is 0 Å². The zero-order valence-electron chi connectivity index (χ0n) is 17.1. The summed E-state index contributed by atoms with van der Waals surface area (Å²) in [4.78, 5) is 12.2. The molecule has 4 nitrogen and oxygen atoms in total. The highest BCUT2D eigenvalue weighted by molar-refractivity contribution is 9.10. The summed E-state index contributed by atoms with van der Waals surface area (Å²) in [5.74, 6) is 2.14. The molecule has 0 bridgehead atoms. The largest absolute Gasteiger partial charge is 0.494 e. The SMILES string of the molecule is CCc1ccc(OCC(=O)Nc2ccc(OCCC3CCCCC3)cc2)c(Br)c1. The molecule has 1 aliphatic rings. The van der Waals surface area contributed by atoms with Gasteiger partial charge in [0, 0.05) is 5.69 Å². The van der Waals surface area contributed by atoms with E-state index >= 15 is 0 Å². The summed E-state index contributed by atoms with van der Waals surface area (Å²) in [6.45, 7) is 2.82. The molecule has 2 aromatic rings. The Bertz CT molecular complexity index is 785. The maximum atomic E-state index is 12.2. The number of benzene rings is 2. The molecule has 0 unspecified atom stereocenters. The van der Waals surface area contributed by atoms with Crippen LogP contribution < -0.4 is 14.8 Å². The van der Waals surface area contributed by atoms with Crippen LogP contribution >= 0.6 is 15.9 Å². The Labute approximate surface area is 182 Å². The van der Waals surface area contributed by atoms with Crippen LogP contribution in [0.25, 0.3) is 0 Å². The molecular weight excluding hydrogens is 430 g/mol. The summed E-state index contributed by atoms with van der Waals surface area (Å²) < 4.78 is 12.3. The van der Waals surface area contributed by atoms with Gasteiger partial charge in [-0.15, -0.1) is 0 Å². The van der Waals surface area contributed by atoms with E-state index in [-0.39, 0.29) is 12.5 Å². The van der Waals surface area contributed by atoms with Gasteiger partial charge >= 0.3 is 0 Å². The van der Waals surface area contributed by atoms with Crippen molar-refractivity contribution >= 4 is 27.5 Å². The van der Waals surface area contributed by atoms with Crippen molar-refractivity contribution in [2.24, 2.45) is 5.92 Å². The number of aryl methyl sites for hydroxylation is 1. The van der Waals surface area contributed by atoms with E-state index in [9.17, 15) is 4.79 Å². The van der Waals surface area contributed by atoms with Gasteiger partial charge in [-0.05, 0) is 76.7 Å². The molecular formula is C24H30BrNO3. The molecule has 0 atom stereocenters. The van der Waals surface area contributed by atoms with E-state index in [1.165, 1.54) is 37.7 Å². The summed E-state index contributed by atoms with van der Waals surface area (Å²) in [7, 11) is 0. The molecule has 3 rings (SSSR count). The van der Waals surface area contributed by atoms with Crippen LogP contribution in [0, 0.1) is 5.92 Å². The van der Waals surface area contributed by atoms with E-state index in [1.807, 2.05) is 42.5 Å². The number of halogens is 1. The lowest BCUT2D eigenvalue weighted by Crippen LogP contribution is -2.20. The van der Waals surface area contributed by atoms with Crippen LogP contribution in [0.15, 0.2) is 46.9 Å². The second-order valence-electron chi connectivity index (χ2n) is 7.62. The second-order valence-corrected chi connectivity index (χ2v) is 8.48. The molecule has 5 heteroatoms. The third-order valence-electron chi connectivity index (χ3n) is 5.42. The zero-order valence-corrected chi connectivity index (χ0v) is 18.7. The van der Waals surface area contributed by atoms with Crippen LogP contribution in [-0.4, -0.2) is 19.1 Å². The molecule has 0 spiro atoms. The molecule has 1 fully saturated rings. The van der Waals surface area contributed by atoms with E-state index < -0.39 is 0 Å². The average Bonchev–Trinajstić information content (AvgIpc) is 2.75. The molecule has 29 heavy (non-hydrogen) atoms. The minimum Gasteiger partial charge on any atom is -0.494 e. The van der Waals surface area contributed by atoms with Gasteiger partial charge < -0.3 is 14.8 Å². The van der Waals surface area contributed by atoms with Crippen LogP contribution in [0.4, 0.5) is 5.69 Å². The first-order valence-corrected chi connectivity index (χ1v) is 11.4. The molecule has 1 amide bonds. The van der Waals surface area contributed by atoms with Gasteiger partial charge in [0.15, 0.2) is 6.61 Å². The van der Waals surface area contributed by atoms with Gasteiger partial charge in [0.25, 0.3) is 5.91 Å². The number of ether oxygens (including phenoxy) is 2. The van der Waals surface area contributed by atoms with Crippen molar-refractivity contribution < 1.29 is 14.3 Å². The average molecular weight is 460 g/mol. The number of hydrogen-bond acceptors (Lipinski definition) is 3. The molecule has 0 aliphatic heterocycles. The van der Waals surface area contributed by atoms with Crippen LogP contribution in [0.5, 0.6) is 11.5 Å². The van der Waals surface area contributed by atoms with Crippen LogP contribution in [-0.2, 0) is 11.2 Å². The van der Waals surface area contributed by atoms with Crippen molar-refractivity contribution in [3.8, 4) is 11.5 Å². The first-order valence-electron chi connectivity index (χ1n) is 10.6. The van der Waals surface area contributed by atoms with Crippen molar-refractivity contribution in [3.05, 3.63) is 52.5 Å². The lowest BCUT2D eigenvalue weighted by molar-refractivity contribution is -0.118. The Morgan fingerprint density at radius 3 is 2.52 bits per heavy atom. The number of carbonyl (C=O) groups is 1. The molecule has 0 heterocycles. The third-order valence-corrected chi connectivity index (χ3v) is 6.04. The molecule has 0 aromatic heterocycles. The summed E-state index contributed by atoms with van der Waals surface area (Å²) in [5, 5.41) is 2.85. The number of carbonyl (C=O) groups excluding carboxylic acids is 1. The van der Waals surface area contributed by atoms with E-state index in [0.717, 1.165) is 41.3 Å². The van der Waals surface area contributed by atoms with Gasteiger partial charge in [-0.2, -0.15) is 0 Å². The molecule has 1 aliphatic carbocycles. The van der Waals surface area contributed by atoms with E-state index in [4.69, 9.17) is 9.47 Å². The maximum absolute atomic E-state index is 12.2. The standard InChI is InChI=1S/C24H30BrNO3/c1-2-18-8-13-23(22(25)16-18)29-17-24(27)26-20-9-11-21(12-10-20)28-15-14-19-6-4-3-5-7-19/h8-13,16,19H,2-7,14-15,17H2,1H3,(H,26,27). The first kappa shape index (κ1) is 21.7. The lowest BCUT2D eigenvalue weighted by Gasteiger charge is -2.21. The summed E-state index contributed by atoms with van der Waals surface area (Å²) in [5.41, 5.74) is 1.95. The van der Waals surface area contributed by atoms with Crippen molar-refractivity contribution in [3.63, 3.8) is 0 Å². The fourth-order valence-electron chi connectivity index (χ4n) is 3.68. The van der Waals surface area contributed by atoms with Gasteiger partial charge in [0.2, 0.25) is 0 Å². The number of anilines is 1. The molecule has 156 valence electrons. The highest BCUT2D eigenvalue weighted by Gasteiger charge is 2.13. The van der Waals surface area contributed by atoms with Gasteiger partial charge in [-0.25, -0.2) is 0 Å². The molecule has 0 saturated heterocycles. The van der Waals surface area contributed by atoms with Gasteiger partial charge in [-0.1, -0.05) is 45.1 Å². The summed E-state index contributed by atoms with van der Waals surface area (Å²) in [6.07, 6.45) is 8.89. The number of rotatable bonds is 9. The van der Waals surface area contributed by atoms with Crippen molar-refractivity contribution in [2.75, 3.05) is 18.5 Å². The summed E-state index contributed by atoms with van der Waals surface area (Å²) >= 11 is 3.49. The predicted octanol–water partition coefficient (Wildman–Crippen LogP) is 6.38. The number of nitrogens with one attached hydrogen (secondary N) is 1. The Balaban J connectivity index is 1.40. The second kappa shape index (κ2) is 11.2. The quantitative estimate of drug-likeness (QED) is 0.473. The maximum Gasteiger partial charge on any atom is 0.262 e. The third kappa shape index (κ3) is 7.07. The predicted molar refractivity (Wildman–Crippen MR) is 121 cm³/mol. The van der Waals surface area contributed by atoms with Crippen molar-refractivity contribution in [1.82, 2.24) is 0 Å². The Hall–Kier alpha value is -2.01. The van der Waals surface area contributed by atoms with E-state index in [0.29, 0.717) is 5.75 Å². The monoisotopic (exact) mass is 459 g/mol. The minimum atomic E-state index is -0.192. The fourth-order valence-corrected chi connectivity index (χ4v) is 4.22. The zero-order chi connectivity index (χ0) is 20.5. The van der Waals surface area contributed by atoms with E-state index in [2.05, 4.69) is 28.2 Å². The van der Waals surface area contributed by atoms with Crippen LogP contribution in [0.2, 0.25) is 0 Å². The topological polar surface area (TPSA) is 47.6 Å². The smallest absolute Gasteiger partial charge is 0.262 e. The highest BCUT2D eigenvalue weighted by atomic mass is 79.9. The minimum absolute atomic E-state index is 0.0380. The number of amides is 1. The molecule has 2 aromatic carbocycles. The normalized spacial score (nSPS) is 14.4. The number of hydrogen-bond donors (Lipinski definition) is 1. The summed E-state index contributed by atoms with van der Waals surface area (Å²) in [6, 6.07) is 13.4. The highest BCUT2D eigenvalue weighted by Crippen LogP contribution is 2.27.